The molecule has 1 aromatic heterocycles. The number of carbonyl (C=O) groups is 2. The lowest BCUT2D eigenvalue weighted by molar-refractivity contribution is -0.129. The van der Waals surface area contributed by atoms with E-state index in [1.165, 1.54) is 20.1 Å². The van der Waals surface area contributed by atoms with E-state index in [0.29, 0.717) is 36.0 Å². The van der Waals surface area contributed by atoms with Crippen LogP contribution in [0.15, 0.2) is 29.1 Å². The third-order valence-electron chi connectivity index (χ3n) is 4.32. The average Bonchev–Trinajstić information content (AvgIpc) is 2.62. The summed E-state index contributed by atoms with van der Waals surface area (Å²) in [6, 6.07) is 6.30. The SMILES string of the molecule is COc1ccc(NC(=O)Cn2nc3c(cc2=O)CN(C(C)=O)CC3)cc1Cl. The van der Waals surface area contributed by atoms with Gasteiger partial charge in [0, 0.05) is 43.8 Å². The number of ether oxygens (including phenoxy) is 1. The van der Waals surface area contributed by atoms with Crippen LogP contribution in [-0.4, -0.2) is 40.1 Å². The molecule has 2 heterocycles. The number of nitrogens with zero attached hydrogens (tertiary/aromatic N) is 3. The molecule has 2 aromatic rings. The Hall–Kier alpha value is -2.87. The largest absolute Gasteiger partial charge is 0.495 e. The molecule has 9 heteroatoms. The molecule has 0 saturated heterocycles. The van der Waals surface area contributed by atoms with Crippen LogP contribution in [0, 0.1) is 0 Å². The molecule has 0 radical (unpaired) electrons. The Kier molecular flexibility index (Phi) is 5.46. The van der Waals surface area contributed by atoms with Crippen LogP contribution in [0.25, 0.3) is 0 Å². The molecule has 1 aliphatic rings. The number of benzene rings is 1. The van der Waals surface area contributed by atoms with E-state index in [1.807, 2.05) is 0 Å². The van der Waals surface area contributed by atoms with Crippen LogP contribution in [0.5, 0.6) is 5.75 Å². The molecule has 1 aromatic carbocycles. The molecule has 8 nitrogen and oxygen atoms in total. The highest BCUT2D eigenvalue weighted by molar-refractivity contribution is 6.32. The first-order valence-corrected chi connectivity index (χ1v) is 8.74. The van der Waals surface area contributed by atoms with Crippen molar-refractivity contribution in [3.8, 4) is 5.75 Å². The van der Waals surface area contributed by atoms with E-state index in [4.69, 9.17) is 16.3 Å². The Labute approximate surface area is 160 Å². The first-order chi connectivity index (χ1) is 12.9. The molecule has 0 saturated carbocycles. The van der Waals surface area contributed by atoms with E-state index < -0.39 is 5.91 Å². The third-order valence-corrected chi connectivity index (χ3v) is 4.61. The quantitative estimate of drug-likeness (QED) is 0.852. The van der Waals surface area contributed by atoms with Crippen LogP contribution in [0.4, 0.5) is 5.69 Å². The van der Waals surface area contributed by atoms with Crippen molar-refractivity contribution in [3.63, 3.8) is 0 Å². The molecular weight excluding hydrogens is 372 g/mol. The van der Waals surface area contributed by atoms with Crippen LogP contribution in [0.2, 0.25) is 5.02 Å². The maximum Gasteiger partial charge on any atom is 0.267 e. The number of hydrogen-bond acceptors (Lipinski definition) is 5. The predicted molar refractivity (Wildman–Crippen MR) is 99.9 cm³/mol. The highest BCUT2D eigenvalue weighted by Crippen LogP contribution is 2.27. The zero-order chi connectivity index (χ0) is 19.6. The van der Waals surface area contributed by atoms with Gasteiger partial charge in [-0.15, -0.1) is 0 Å². The topological polar surface area (TPSA) is 93.5 Å². The molecule has 0 atom stereocenters. The fraction of sp³-hybridized carbons (Fsp3) is 0.333. The summed E-state index contributed by atoms with van der Waals surface area (Å²) in [5.41, 5.74) is 1.56. The van der Waals surface area contributed by atoms with Gasteiger partial charge in [0.05, 0.1) is 17.8 Å². The highest BCUT2D eigenvalue weighted by Gasteiger charge is 2.21. The molecule has 142 valence electrons. The Morgan fingerprint density at radius 1 is 1.33 bits per heavy atom. The maximum absolute atomic E-state index is 12.3. The average molecular weight is 391 g/mol. The summed E-state index contributed by atoms with van der Waals surface area (Å²) in [4.78, 5) is 37.7. The lowest BCUT2D eigenvalue weighted by atomic mass is 10.1. The molecule has 1 N–H and O–H groups in total. The first-order valence-electron chi connectivity index (χ1n) is 8.36. The predicted octanol–water partition coefficient (Wildman–Crippen LogP) is 1.45. The number of methoxy groups -OCH3 is 1. The smallest absolute Gasteiger partial charge is 0.267 e. The number of aromatic nitrogens is 2. The molecule has 27 heavy (non-hydrogen) atoms. The zero-order valence-corrected chi connectivity index (χ0v) is 15.7. The number of nitrogens with one attached hydrogen (secondary N) is 1. The van der Waals surface area contributed by atoms with E-state index in [0.717, 1.165) is 15.9 Å². The van der Waals surface area contributed by atoms with Crippen molar-refractivity contribution < 1.29 is 14.3 Å². The number of fused-ring (bicyclic) bond motifs is 1. The van der Waals surface area contributed by atoms with Gasteiger partial charge in [0.2, 0.25) is 11.8 Å². The van der Waals surface area contributed by atoms with Gasteiger partial charge in [-0.2, -0.15) is 5.10 Å². The van der Waals surface area contributed by atoms with Gasteiger partial charge in [-0.25, -0.2) is 4.68 Å². The lowest BCUT2D eigenvalue weighted by Gasteiger charge is -2.27. The molecule has 3 rings (SSSR count). The van der Waals surface area contributed by atoms with Crippen LogP contribution < -0.4 is 15.6 Å². The van der Waals surface area contributed by atoms with Gasteiger partial charge in [-0.05, 0) is 18.2 Å². The van der Waals surface area contributed by atoms with Crippen molar-refractivity contribution in [2.24, 2.45) is 0 Å². The van der Waals surface area contributed by atoms with E-state index >= 15 is 0 Å². The van der Waals surface area contributed by atoms with Gasteiger partial charge >= 0.3 is 0 Å². The summed E-state index contributed by atoms with van der Waals surface area (Å²) >= 11 is 6.04. The van der Waals surface area contributed by atoms with Crippen LogP contribution in [-0.2, 0) is 29.1 Å². The molecule has 0 fully saturated rings. The Bertz CT molecular complexity index is 957. The molecule has 0 bridgehead atoms. The molecule has 0 spiro atoms. The zero-order valence-electron chi connectivity index (χ0n) is 15.0. The van der Waals surface area contributed by atoms with Crippen molar-refractivity contribution in [1.82, 2.24) is 14.7 Å². The number of hydrogen-bond donors (Lipinski definition) is 1. The van der Waals surface area contributed by atoms with Gasteiger partial charge in [0.15, 0.2) is 0 Å². The van der Waals surface area contributed by atoms with Gasteiger partial charge in [0.25, 0.3) is 5.56 Å². The second kappa shape index (κ2) is 7.79. The number of amides is 2. The van der Waals surface area contributed by atoms with Crippen molar-refractivity contribution in [2.45, 2.75) is 26.4 Å². The normalized spacial score (nSPS) is 13.1. The van der Waals surface area contributed by atoms with Crippen molar-refractivity contribution >= 4 is 29.1 Å². The second-order valence-electron chi connectivity index (χ2n) is 6.20. The number of anilines is 1. The molecule has 2 amide bonds. The minimum Gasteiger partial charge on any atom is -0.495 e. The van der Waals surface area contributed by atoms with Gasteiger partial charge in [0.1, 0.15) is 12.3 Å². The number of rotatable bonds is 4. The molecule has 1 aliphatic heterocycles. The third kappa shape index (κ3) is 4.28. The Morgan fingerprint density at radius 3 is 2.78 bits per heavy atom. The van der Waals surface area contributed by atoms with Crippen molar-refractivity contribution in [1.29, 1.82) is 0 Å². The summed E-state index contributed by atoms with van der Waals surface area (Å²) < 4.78 is 6.19. The van der Waals surface area contributed by atoms with E-state index in [-0.39, 0.29) is 18.0 Å². The number of halogens is 1. The molecule has 0 aliphatic carbocycles. The minimum absolute atomic E-state index is 0.0395. The highest BCUT2D eigenvalue weighted by atomic mass is 35.5. The van der Waals surface area contributed by atoms with Crippen LogP contribution >= 0.6 is 11.6 Å². The van der Waals surface area contributed by atoms with E-state index in [1.54, 1.807) is 23.1 Å². The summed E-state index contributed by atoms with van der Waals surface area (Å²) in [5.74, 6) is 0.0659. The number of carbonyl (C=O) groups excluding carboxylic acids is 2. The standard InChI is InChI=1S/C18H19ClN4O4/c1-11(24)22-6-5-15-12(9-22)7-18(26)23(21-15)10-17(25)20-13-3-4-16(27-2)14(19)8-13/h3-4,7-8H,5-6,9-10H2,1-2H3,(H,20,25). The van der Waals surface area contributed by atoms with Crippen molar-refractivity contribution in [3.05, 3.63) is 50.9 Å². The van der Waals surface area contributed by atoms with Crippen LogP contribution in [0.1, 0.15) is 18.2 Å². The summed E-state index contributed by atoms with van der Waals surface area (Å²) in [6.07, 6.45) is 0.547. The monoisotopic (exact) mass is 390 g/mol. The Balaban J connectivity index is 1.72. The lowest BCUT2D eigenvalue weighted by Crippen LogP contribution is -2.38. The summed E-state index contributed by atoms with van der Waals surface area (Å²) in [5, 5.41) is 7.34. The Morgan fingerprint density at radius 2 is 2.11 bits per heavy atom. The first kappa shape index (κ1) is 18.9. The minimum atomic E-state index is -0.396. The molecule has 0 unspecified atom stereocenters. The summed E-state index contributed by atoms with van der Waals surface area (Å²) in [7, 11) is 1.50. The van der Waals surface area contributed by atoms with Crippen LogP contribution in [0.3, 0.4) is 0 Å². The maximum atomic E-state index is 12.3. The van der Waals surface area contributed by atoms with E-state index in [2.05, 4.69) is 10.4 Å². The fourth-order valence-corrected chi connectivity index (χ4v) is 3.16. The molecular formula is C18H19ClN4O4. The van der Waals surface area contributed by atoms with Gasteiger partial charge in [-0.1, -0.05) is 11.6 Å². The fourth-order valence-electron chi connectivity index (χ4n) is 2.90. The van der Waals surface area contributed by atoms with Gasteiger partial charge in [-0.3, -0.25) is 14.4 Å². The van der Waals surface area contributed by atoms with Crippen molar-refractivity contribution in [2.75, 3.05) is 19.0 Å². The second-order valence-corrected chi connectivity index (χ2v) is 6.61. The summed E-state index contributed by atoms with van der Waals surface area (Å²) in [6.45, 7) is 2.19. The van der Waals surface area contributed by atoms with Gasteiger partial charge < -0.3 is 15.0 Å². The van der Waals surface area contributed by atoms with E-state index in [9.17, 15) is 14.4 Å².